The molecule has 5 nitrogen and oxygen atoms in total. The fraction of sp³-hybridized carbons (Fsp3) is 0.739. The molecule has 3 aliphatic rings. The number of imidazole rings is 1. The van der Waals surface area contributed by atoms with Crippen LogP contribution in [0.3, 0.4) is 0 Å². The summed E-state index contributed by atoms with van der Waals surface area (Å²) < 4.78 is 14.0. The third kappa shape index (κ3) is 4.63. The minimum atomic E-state index is 0.0261. The molecule has 5 rings (SSSR count). The molecule has 3 heterocycles. The number of nitrogens with zero attached hydrogens (tertiary/aromatic N) is 3. The van der Waals surface area contributed by atoms with E-state index < -0.39 is 0 Å². The summed E-state index contributed by atoms with van der Waals surface area (Å²) in [4.78, 5) is 9.26. The highest BCUT2D eigenvalue weighted by Crippen LogP contribution is 2.53. The van der Waals surface area contributed by atoms with Crippen molar-refractivity contribution < 1.29 is 9.47 Å². The Kier molecular flexibility index (Phi) is 8.15. The van der Waals surface area contributed by atoms with E-state index in [4.69, 9.17) is 22.3 Å². The van der Waals surface area contributed by atoms with E-state index in [1.54, 1.807) is 0 Å². The summed E-state index contributed by atoms with van der Waals surface area (Å²) in [5.74, 6) is 0.567. The van der Waals surface area contributed by atoms with Crippen molar-refractivity contribution in [1.29, 1.82) is 0 Å². The average Bonchev–Trinajstić information content (AvgIpc) is 3.40. The molecule has 0 spiro atoms. The monoisotopic (exact) mass is 399 g/mol. The summed E-state index contributed by atoms with van der Waals surface area (Å²) in [5.41, 5.74) is 2.40. The highest BCUT2D eigenvalue weighted by Gasteiger charge is 2.55. The predicted molar refractivity (Wildman–Crippen MR) is 121 cm³/mol. The van der Waals surface area contributed by atoms with Crippen LogP contribution in [-0.2, 0) is 10.2 Å². The average molecular weight is 399 g/mol. The molecule has 160 valence electrons. The van der Waals surface area contributed by atoms with Gasteiger partial charge in [0.05, 0.1) is 17.9 Å². The predicted octanol–water partition coefficient (Wildman–Crippen LogP) is 4.74. The quantitative estimate of drug-likeness (QED) is 0.700. The zero-order valence-corrected chi connectivity index (χ0v) is 19.4. The molecule has 2 aromatic heterocycles. The summed E-state index contributed by atoms with van der Waals surface area (Å²) in [6.45, 7) is 15.0. The van der Waals surface area contributed by atoms with Gasteiger partial charge in [-0.1, -0.05) is 41.5 Å². The van der Waals surface area contributed by atoms with Gasteiger partial charge in [-0.05, 0) is 45.4 Å². The van der Waals surface area contributed by atoms with E-state index in [1.165, 1.54) is 6.42 Å². The molecule has 2 bridgehead atoms. The minimum absolute atomic E-state index is 0.0261. The van der Waals surface area contributed by atoms with Gasteiger partial charge in [0.1, 0.15) is 14.0 Å². The molecule has 6 heteroatoms. The Morgan fingerprint density at radius 3 is 2.24 bits per heavy atom. The highest BCUT2D eigenvalue weighted by molar-refractivity contribution is 6.30. The second-order valence-corrected chi connectivity index (χ2v) is 7.69. The molecule has 0 N–H and O–H groups in total. The summed E-state index contributed by atoms with van der Waals surface area (Å²) >= 11 is 0. The van der Waals surface area contributed by atoms with Crippen LogP contribution in [0.15, 0.2) is 12.4 Å². The van der Waals surface area contributed by atoms with Gasteiger partial charge in [0.25, 0.3) is 5.88 Å². The van der Waals surface area contributed by atoms with E-state index in [-0.39, 0.29) is 17.1 Å². The smallest absolute Gasteiger partial charge is 0.258 e. The Balaban J connectivity index is 0.000000461. The van der Waals surface area contributed by atoms with Gasteiger partial charge >= 0.3 is 0 Å². The maximum Gasteiger partial charge on any atom is 0.258 e. The van der Waals surface area contributed by atoms with Crippen molar-refractivity contribution >= 4 is 19.1 Å². The molecule has 0 amide bonds. The Bertz CT molecular complexity index is 778. The first-order chi connectivity index (χ1) is 14.1. The van der Waals surface area contributed by atoms with E-state index in [2.05, 4.69) is 18.1 Å². The number of hydrogen-bond acceptors (Lipinski definition) is 4. The van der Waals surface area contributed by atoms with Crippen molar-refractivity contribution in [1.82, 2.24) is 14.4 Å². The first-order valence-corrected chi connectivity index (χ1v) is 11.5. The van der Waals surface area contributed by atoms with E-state index in [0.29, 0.717) is 11.5 Å². The molecular weight excluding hydrogens is 361 g/mol. The van der Waals surface area contributed by atoms with Crippen LogP contribution in [0.1, 0.15) is 92.7 Å². The molecule has 29 heavy (non-hydrogen) atoms. The van der Waals surface area contributed by atoms with Gasteiger partial charge < -0.3 is 13.9 Å². The molecule has 2 radical (unpaired) electrons. The summed E-state index contributed by atoms with van der Waals surface area (Å²) in [7, 11) is 5.95. The van der Waals surface area contributed by atoms with Gasteiger partial charge in [-0.3, -0.25) is 0 Å². The lowest BCUT2D eigenvalue weighted by atomic mass is 9.84. The maximum absolute atomic E-state index is 6.02. The fourth-order valence-electron chi connectivity index (χ4n) is 4.22. The van der Waals surface area contributed by atoms with Crippen molar-refractivity contribution in [3.05, 3.63) is 18.1 Å². The van der Waals surface area contributed by atoms with Crippen LogP contribution in [0.2, 0.25) is 0 Å². The van der Waals surface area contributed by atoms with Gasteiger partial charge in [-0.25, -0.2) is 9.97 Å². The molecule has 2 atom stereocenters. The Morgan fingerprint density at radius 1 is 1.07 bits per heavy atom. The SMILES string of the molecule is CC.CC.CC.[B]c1cn2cc(C34CCC(C)(C3)OC4)nc2c(OC2CCC2)n1. The van der Waals surface area contributed by atoms with Crippen LogP contribution in [0.5, 0.6) is 5.88 Å². The molecule has 2 unspecified atom stereocenters. The molecule has 1 saturated heterocycles. The van der Waals surface area contributed by atoms with E-state index in [9.17, 15) is 0 Å². The first-order valence-electron chi connectivity index (χ1n) is 11.5. The number of aromatic nitrogens is 3. The van der Waals surface area contributed by atoms with Crippen LogP contribution in [0.25, 0.3) is 5.65 Å². The normalized spacial score (nSPS) is 27.0. The van der Waals surface area contributed by atoms with Crippen molar-refractivity contribution in [3.8, 4) is 5.88 Å². The van der Waals surface area contributed by atoms with Crippen molar-refractivity contribution in [2.45, 2.75) is 104 Å². The molecule has 2 aromatic rings. The second-order valence-electron chi connectivity index (χ2n) is 7.69. The van der Waals surface area contributed by atoms with Crippen LogP contribution in [-0.4, -0.2) is 40.5 Å². The van der Waals surface area contributed by atoms with Crippen molar-refractivity contribution in [3.63, 3.8) is 0 Å². The molecule has 1 aliphatic heterocycles. The number of rotatable bonds is 3. The lowest BCUT2D eigenvalue weighted by molar-refractivity contribution is -0.00627. The van der Waals surface area contributed by atoms with Crippen LogP contribution >= 0.6 is 0 Å². The minimum Gasteiger partial charge on any atom is -0.472 e. The second kappa shape index (κ2) is 9.97. The Labute approximate surface area is 178 Å². The lowest BCUT2D eigenvalue weighted by Gasteiger charge is -2.26. The van der Waals surface area contributed by atoms with Crippen molar-refractivity contribution in [2.24, 2.45) is 0 Å². The fourth-order valence-corrected chi connectivity index (χ4v) is 4.22. The zero-order chi connectivity index (χ0) is 21.7. The zero-order valence-electron chi connectivity index (χ0n) is 19.4. The summed E-state index contributed by atoms with van der Waals surface area (Å²) in [6, 6.07) is 0. The lowest BCUT2D eigenvalue weighted by Crippen LogP contribution is -2.27. The molecule has 2 saturated carbocycles. The van der Waals surface area contributed by atoms with E-state index >= 15 is 0 Å². The molecular formula is C23H38BN3O2. The van der Waals surface area contributed by atoms with Crippen LogP contribution in [0, 0.1) is 0 Å². The molecule has 3 fully saturated rings. The topological polar surface area (TPSA) is 48.7 Å². The van der Waals surface area contributed by atoms with E-state index in [1.807, 2.05) is 52.1 Å². The number of fused-ring (bicyclic) bond motifs is 3. The van der Waals surface area contributed by atoms with Gasteiger partial charge in [-0.15, -0.1) is 0 Å². The molecule has 0 aromatic carbocycles. The van der Waals surface area contributed by atoms with Gasteiger partial charge in [0.15, 0.2) is 0 Å². The standard InChI is InChI=1S/C17H20BN3O2.3C2H6/c1-16-5-6-17(9-16,10-22-16)12-7-21-8-13(18)20-15(14(21)19-12)23-11-3-2-4-11;3*1-2/h7-8,11H,2-6,9-10H2,1H3;3*1-2H3. The first kappa shape index (κ1) is 23.7. The van der Waals surface area contributed by atoms with Crippen LogP contribution in [0.4, 0.5) is 0 Å². The van der Waals surface area contributed by atoms with Gasteiger partial charge in [-0.2, -0.15) is 0 Å². The van der Waals surface area contributed by atoms with Gasteiger partial charge in [0, 0.05) is 23.4 Å². The van der Waals surface area contributed by atoms with Crippen LogP contribution < -0.4 is 10.3 Å². The van der Waals surface area contributed by atoms with Crippen molar-refractivity contribution in [2.75, 3.05) is 6.61 Å². The Hall–Kier alpha value is -1.56. The maximum atomic E-state index is 6.02. The number of hydrogen-bond donors (Lipinski definition) is 0. The third-order valence-corrected chi connectivity index (χ3v) is 5.84. The Morgan fingerprint density at radius 2 is 1.76 bits per heavy atom. The highest BCUT2D eigenvalue weighted by atomic mass is 16.5. The summed E-state index contributed by atoms with van der Waals surface area (Å²) in [5, 5.41) is 0. The summed E-state index contributed by atoms with van der Waals surface area (Å²) in [6.07, 6.45) is 10.9. The largest absolute Gasteiger partial charge is 0.472 e. The van der Waals surface area contributed by atoms with E-state index in [0.717, 1.165) is 50.1 Å². The number of ether oxygens (including phenoxy) is 2. The molecule has 2 aliphatic carbocycles. The van der Waals surface area contributed by atoms with Gasteiger partial charge in [0.2, 0.25) is 5.65 Å². The third-order valence-electron chi connectivity index (χ3n) is 5.84.